The Labute approximate surface area is 135 Å². The number of halogens is 1. The summed E-state index contributed by atoms with van der Waals surface area (Å²) < 4.78 is 0.00924. The Kier molecular flexibility index (Phi) is 3.91. The van der Waals surface area contributed by atoms with Crippen LogP contribution in [-0.4, -0.2) is 14.9 Å². The van der Waals surface area contributed by atoms with Crippen LogP contribution in [0.1, 0.15) is 0 Å². The van der Waals surface area contributed by atoms with E-state index >= 15 is 0 Å². The molecule has 0 aliphatic rings. The van der Waals surface area contributed by atoms with E-state index in [4.69, 9.17) is 16.8 Å². The van der Waals surface area contributed by atoms with Crippen LogP contribution >= 0.6 is 11.6 Å². The fourth-order valence-corrected chi connectivity index (χ4v) is 2.26. The van der Waals surface area contributed by atoms with Crippen LogP contribution in [0.4, 0.5) is 11.5 Å². The highest BCUT2D eigenvalue weighted by Gasteiger charge is 2.04. The average molecular weight is 330 g/mol. The molecule has 2 aromatic carbocycles. The van der Waals surface area contributed by atoms with Crippen molar-refractivity contribution in [2.45, 2.75) is 0 Å². The van der Waals surface area contributed by atoms with Gasteiger partial charge in [-0.2, -0.15) is 0 Å². The molecule has 7 heteroatoms. The van der Waals surface area contributed by atoms with E-state index in [0.29, 0.717) is 10.7 Å². The summed E-state index contributed by atoms with van der Waals surface area (Å²) in [6.45, 7) is 0. The van der Waals surface area contributed by atoms with Crippen molar-refractivity contribution >= 4 is 23.1 Å². The van der Waals surface area contributed by atoms with Gasteiger partial charge in [0.1, 0.15) is 5.82 Å². The van der Waals surface area contributed by atoms with E-state index < -0.39 is 11.2 Å². The van der Waals surface area contributed by atoms with Crippen LogP contribution in [0.5, 0.6) is 0 Å². The third-order valence-corrected chi connectivity index (χ3v) is 3.48. The van der Waals surface area contributed by atoms with Gasteiger partial charge in [0.05, 0.1) is 0 Å². The number of rotatable bonds is 3. The summed E-state index contributed by atoms with van der Waals surface area (Å²) in [7, 11) is 0. The van der Waals surface area contributed by atoms with Crippen molar-refractivity contribution in [1.29, 1.82) is 0 Å². The molecule has 0 fully saturated rings. The van der Waals surface area contributed by atoms with E-state index in [1.807, 2.05) is 30.3 Å². The number of hydrogen-bond donors (Lipinski definition) is 3. The first kappa shape index (κ1) is 14.9. The minimum absolute atomic E-state index is 0.00924. The predicted octanol–water partition coefficient (Wildman–Crippen LogP) is 2.84. The third-order valence-electron chi connectivity index (χ3n) is 3.23. The molecule has 23 heavy (non-hydrogen) atoms. The Balaban J connectivity index is 1.93. The summed E-state index contributed by atoms with van der Waals surface area (Å²) in [4.78, 5) is 25.1. The Morgan fingerprint density at radius 3 is 2.43 bits per heavy atom. The van der Waals surface area contributed by atoms with Gasteiger partial charge in [0.25, 0.3) is 5.56 Å². The zero-order chi connectivity index (χ0) is 16.4. The Morgan fingerprint density at radius 2 is 1.74 bits per heavy atom. The Bertz CT molecular complexity index is 930. The van der Waals surface area contributed by atoms with Crippen LogP contribution in [0.25, 0.3) is 11.1 Å². The summed E-state index contributed by atoms with van der Waals surface area (Å²) in [5.41, 5.74) is 0.893. The van der Waals surface area contributed by atoms with Gasteiger partial charge in [-0.15, -0.1) is 0 Å². The van der Waals surface area contributed by atoms with Crippen LogP contribution in [-0.2, 0) is 0 Å². The highest BCUT2D eigenvalue weighted by atomic mass is 35.5. The van der Waals surface area contributed by atoms with Crippen LogP contribution in [0.3, 0.4) is 0 Å². The SMILES string of the molecule is O=c1cc(Nc2cccc(-c3ccc(Cl)cc3)c2)[nH]c(=O)n1O. The molecule has 0 bridgehead atoms. The maximum atomic E-state index is 11.4. The highest BCUT2D eigenvalue weighted by Crippen LogP contribution is 2.25. The molecular weight excluding hydrogens is 318 g/mol. The number of nitrogens with one attached hydrogen (secondary N) is 2. The lowest BCUT2D eigenvalue weighted by molar-refractivity contribution is 0.160. The smallest absolute Gasteiger partial charge is 0.363 e. The van der Waals surface area contributed by atoms with E-state index in [0.717, 1.165) is 17.2 Å². The number of aromatic nitrogens is 2. The molecule has 0 radical (unpaired) electrons. The average Bonchev–Trinajstić information content (AvgIpc) is 2.53. The Hall–Kier alpha value is -2.99. The number of benzene rings is 2. The number of hydrogen-bond acceptors (Lipinski definition) is 4. The first-order valence-electron chi connectivity index (χ1n) is 6.71. The summed E-state index contributed by atoms with van der Waals surface area (Å²) in [6.07, 6.45) is 0. The van der Waals surface area contributed by atoms with Crippen LogP contribution in [0.15, 0.2) is 64.2 Å². The molecule has 116 valence electrons. The highest BCUT2D eigenvalue weighted by molar-refractivity contribution is 6.30. The summed E-state index contributed by atoms with van der Waals surface area (Å²) in [6, 6.07) is 15.9. The number of nitrogens with zero attached hydrogens (tertiary/aromatic N) is 1. The molecule has 1 heterocycles. The lowest BCUT2D eigenvalue weighted by Crippen LogP contribution is -2.33. The van der Waals surface area contributed by atoms with Gasteiger partial charge in [-0.3, -0.25) is 9.78 Å². The molecule has 3 rings (SSSR count). The van der Waals surface area contributed by atoms with Crippen molar-refractivity contribution in [3.05, 3.63) is 80.5 Å². The van der Waals surface area contributed by atoms with Crippen molar-refractivity contribution in [1.82, 2.24) is 9.71 Å². The predicted molar refractivity (Wildman–Crippen MR) is 88.7 cm³/mol. The van der Waals surface area contributed by atoms with Crippen LogP contribution in [0.2, 0.25) is 5.02 Å². The Morgan fingerprint density at radius 1 is 1.00 bits per heavy atom. The normalized spacial score (nSPS) is 10.5. The quantitative estimate of drug-likeness (QED) is 0.645. The molecule has 0 saturated heterocycles. The second-order valence-electron chi connectivity index (χ2n) is 4.85. The van der Waals surface area contributed by atoms with Crippen molar-refractivity contribution in [2.24, 2.45) is 0 Å². The molecule has 0 amide bonds. The van der Waals surface area contributed by atoms with Gasteiger partial charge >= 0.3 is 5.69 Å². The maximum Gasteiger partial charge on any atom is 0.363 e. The monoisotopic (exact) mass is 329 g/mol. The minimum atomic E-state index is -0.908. The first-order valence-corrected chi connectivity index (χ1v) is 7.09. The van der Waals surface area contributed by atoms with E-state index in [9.17, 15) is 9.59 Å². The fourth-order valence-electron chi connectivity index (χ4n) is 2.13. The first-order chi connectivity index (χ1) is 11.0. The second kappa shape index (κ2) is 6.02. The molecule has 1 aromatic heterocycles. The van der Waals surface area contributed by atoms with Crippen molar-refractivity contribution in [2.75, 3.05) is 5.32 Å². The standard InChI is InChI=1S/C16H12ClN3O3/c17-12-6-4-10(5-7-12)11-2-1-3-13(8-11)18-14-9-15(21)20(23)16(22)19-14/h1-9,18,23H,(H,19,22). The minimum Gasteiger partial charge on any atom is -0.421 e. The van der Waals surface area contributed by atoms with Crippen molar-refractivity contribution < 1.29 is 5.21 Å². The number of anilines is 2. The lowest BCUT2D eigenvalue weighted by atomic mass is 10.1. The number of H-pyrrole nitrogens is 1. The zero-order valence-electron chi connectivity index (χ0n) is 11.8. The molecule has 6 nitrogen and oxygen atoms in total. The summed E-state index contributed by atoms with van der Waals surface area (Å²) >= 11 is 5.88. The second-order valence-corrected chi connectivity index (χ2v) is 5.29. The van der Waals surface area contributed by atoms with E-state index in [2.05, 4.69) is 10.3 Å². The van der Waals surface area contributed by atoms with Gasteiger partial charge in [-0.1, -0.05) is 40.6 Å². The fraction of sp³-hybridized carbons (Fsp3) is 0. The third kappa shape index (κ3) is 3.27. The molecule has 3 N–H and O–H groups in total. The lowest BCUT2D eigenvalue weighted by Gasteiger charge is -2.08. The van der Waals surface area contributed by atoms with Gasteiger partial charge in [-0.25, -0.2) is 4.79 Å². The molecule has 0 atom stereocenters. The van der Waals surface area contributed by atoms with Crippen LogP contribution in [0, 0.1) is 0 Å². The van der Waals surface area contributed by atoms with Gasteiger partial charge in [0, 0.05) is 16.8 Å². The van der Waals surface area contributed by atoms with Gasteiger partial charge in [0.15, 0.2) is 0 Å². The topological polar surface area (TPSA) is 87.1 Å². The largest absolute Gasteiger partial charge is 0.421 e. The number of aromatic amines is 1. The van der Waals surface area contributed by atoms with E-state index in [1.54, 1.807) is 18.2 Å². The zero-order valence-corrected chi connectivity index (χ0v) is 12.5. The van der Waals surface area contributed by atoms with Gasteiger partial charge in [-0.05, 0) is 35.4 Å². The van der Waals surface area contributed by atoms with Crippen molar-refractivity contribution in [3.8, 4) is 11.1 Å². The van der Waals surface area contributed by atoms with E-state index in [-0.39, 0.29) is 10.5 Å². The van der Waals surface area contributed by atoms with E-state index in [1.165, 1.54) is 0 Å². The molecule has 0 spiro atoms. The molecule has 0 aliphatic heterocycles. The molecule has 0 aliphatic carbocycles. The van der Waals surface area contributed by atoms with Gasteiger partial charge in [0.2, 0.25) is 0 Å². The van der Waals surface area contributed by atoms with Gasteiger partial charge < -0.3 is 10.5 Å². The summed E-state index contributed by atoms with van der Waals surface area (Å²) in [5, 5.41) is 12.7. The van der Waals surface area contributed by atoms with Crippen molar-refractivity contribution in [3.63, 3.8) is 0 Å². The summed E-state index contributed by atoms with van der Waals surface area (Å²) in [5.74, 6) is 0.193. The van der Waals surface area contributed by atoms with Crippen LogP contribution < -0.4 is 16.6 Å². The molecule has 0 unspecified atom stereocenters. The molecule has 3 aromatic rings. The maximum absolute atomic E-state index is 11.4. The molecule has 0 saturated carbocycles. The molecular formula is C16H12ClN3O3.